The molecule has 0 fully saturated rings. The maximum Gasteiger partial charge on any atom is 0.310 e. The molecule has 1 aromatic carbocycles. The van der Waals surface area contributed by atoms with Crippen molar-refractivity contribution >= 4 is 11.8 Å². The lowest BCUT2D eigenvalue weighted by molar-refractivity contribution is -0.151. The van der Waals surface area contributed by atoms with Crippen LogP contribution in [0.4, 0.5) is 5.82 Å². The molecule has 0 aliphatic carbocycles. The van der Waals surface area contributed by atoms with E-state index in [1.165, 1.54) is 4.68 Å². The summed E-state index contributed by atoms with van der Waals surface area (Å²) in [6.07, 6.45) is -1.34. The van der Waals surface area contributed by atoms with Crippen LogP contribution < -0.4 is 5.73 Å². The molecule has 7 heteroatoms. The number of nitrogen functional groups attached to an aromatic ring is 1. The van der Waals surface area contributed by atoms with Crippen LogP contribution >= 0.6 is 0 Å². The minimum Gasteiger partial charge on any atom is -0.481 e. The molecular formula is C15H20N4O3. The fourth-order valence-electron chi connectivity index (χ4n) is 2.41. The zero-order valence-electron chi connectivity index (χ0n) is 12.8. The molecule has 2 unspecified atom stereocenters. The van der Waals surface area contributed by atoms with Gasteiger partial charge in [0, 0.05) is 0 Å². The number of aliphatic hydroxyl groups is 1. The monoisotopic (exact) mass is 304 g/mol. The van der Waals surface area contributed by atoms with E-state index in [2.05, 4.69) is 10.3 Å². The van der Waals surface area contributed by atoms with E-state index in [4.69, 9.17) is 5.73 Å². The normalized spacial score (nSPS) is 14.5. The third kappa shape index (κ3) is 2.94. The zero-order valence-corrected chi connectivity index (χ0v) is 12.8. The number of anilines is 1. The van der Waals surface area contributed by atoms with Gasteiger partial charge in [0.25, 0.3) is 0 Å². The number of benzene rings is 1. The van der Waals surface area contributed by atoms with E-state index in [1.807, 2.05) is 18.2 Å². The molecule has 2 rings (SSSR count). The Kier molecular flexibility index (Phi) is 4.18. The van der Waals surface area contributed by atoms with Crippen molar-refractivity contribution in [3.8, 4) is 5.69 Å². The number of rotatable bonds is 4. The quantitative estimate of drug-likeness (QED) is 0.791. The van der Waals surface area contributed by atoms with E-state index in [0.717, 1.165) is 0 Å². The van der Waals surface area contributed by atoms with Crippen molar-refractivity contribution in [1.29, 1.82) is 0 Å². The van der Waals surface area contributed by atoms with Crippen molar-refractivity contribution in [2.75, 3.05) is 5.73 Å². The number of carbonyl (C=O) groups is 1. The topological polar surface area (TPSA) is 114 Å². The lowest BCUT2D eigenvalue weighted by Crippen LogP contribution is -2.34. The van der Waals surface area contributed by atoms with Gasteiger partial charge in [-0.1, -0.05) is 44.2 Å². The summed E-state index contributed by atoms with van der Waals surface area (Å²) < 4.78 is 1.38. The van der Waals surface area contributed by atoms with Gasteiger partial charge in [-0.15, -0.1) is 5.10 Å². The molecule has 0 saturated heterocycles. The van der Waals surface area contributed by atoms with Crippen LogP contribution in [0, 0.1) is 11.3 Å². The maximum absolute atomic E-state index is 11.5. The van der Waals surface area contributed by atoms with Crippen molar-refractivity contribution < 1.29 is 15.0 Å². The molecule has 1 heterocycles. The van der Waals surface area contributed by atoms with Gasteiger partial charge in [0.05, 0.1) is 11.6 Å². The van der Waals surface area contributed by atoms with E-state index in [1.54, 1.807) is 32.9 Å². The number of aliphatic carboxylic acids is 1. The van der Waals surface area contributed by atoms with Crippen LogP contribution in [0.15, 0.2) is 30.3 Å². The Morgan fingerprint density at radius 1 is 1.27 bits per heavy atom. The second kappa shape index (κ2) is 5.76. The van der Waals surface area contributed by atoms with Crippen LogP contribution in [-0.4, -0.2) is 31.2 Å². The molecule has 2 aromatic rings. The van der Waals surface area contributed by atoms with Gasteiger partial charge in [-0.2, -0.15) is 4.68 Å². The van der Waals surface area contributed by atoms with E-state index in [0.29, 0.717) is 5.69 Å². The Bertz CT molecular complexity index is 661. The van der Waals surface area contributed by atoms with Crippen LogP contribution in [-0.2, 0) is 4.79 Å². The molecule has 2 atom stereocenters. The molecule has 0 saturated carbocycles. The van der Waals surface area contributed by atoms with E-state index in [-0.39, 0.29) is 11.5 Å². The van der Waals surface area contributed by atoms with Gasteiger partial charge in [-0.3, -0.25) is 4.79 Å². The van der Waals surface area contributed by atoms with E-state index < -0.39 is 23.4 Å². The maximum atomic E-state index is 11.5. The molecule has 0 aliphatic rings. The predicted octanol–water partition coefficient (Wildman–Crippen LogP) is 1.63. The van der Waals surface area contributed by atoms with Crippen molar-refractivity contribution in [2.45, 2.75) is 26.9 Å². The standard InChI is InChI=1S/C15H20N4O3/c1-15(2,3)10(14(21)22)12(20)11-13(16)19(18-17-11)9-7-5-4-6-8-9/h4-8,10,12,20H,16H2,1-3H3,(H,21,22). The summed E-state index contributed by atoms with van der Waals surface area (Å²) in [6, 6.07) is 9.08. The van der Waals surface area contributed by atoms with Crippen molar-refractivity contribution in [2.24, 2.45) is 11.3 Å². The second-order valence-electron chi connectivity index (χ2n) is 6.23. The number of carboxylic acids is 1. The SMILES string of the molecule is CC(C)(C)C(C(=O)O)C(O)c1nnn(-c2ccccc2)c1N. The average Bonchev–Trinajstić information content (AvgIpc) is 2.79. The van der Waals surface area contributed by atoms with Crippen LogP contribution in [0.5, 0.6) is 0 Å². The highest BCUT2D eigenvalue weighted by atomic mass is 16.4. The predicted molar refractivity (Wildman–Crippen MR) is 81.3 cm³/mol. The molecule has 22 heavy (non-hydrogen) atoms. The Morgan fingerprint density at radius 2 is 1.86 bits per heavy atom. The van der Waals surface area contributed by atoms with Crippen molar-refractivity contribution in [1.82, 2.24) is 15.0 Å². The van der Waals surface area contributed by atoms with Gasteiger partial charge >= 0.3 is 5.97 Å². The van der Waals surface area contributed by atoms with Gasteiger partial charge in [0.2, 0.25) is 0 Å². The Hall–Kier alpha value is -2.41. The second-order valence-corrected chi connectivity index (χ2v) is 6.23. The summed E-state index contributed by atoms with van der Waals surface area (Å²) in [4.78, 5) is 11.5. The minimum atomic E-state index is -1.34. The third-order valence-corrected chi connectivity index (χ3v) is 3.53. The van der Waals surface area contributed by atoms with Crippen LogP contribution in [0.25, 0.3) is 5.69 Å². The van der Waals surface area contributed by atoms with Crippen molar-refractivity contribution in [3.63, 3.8) is 0 Å². The van der Waals surface area contributed by atoms with Gasteiger partial charge in [-0.25, -0.2) is 0 Å². The molecule has 0 spiro atoms. The molecule has 4 N–H and O–H groups in total. The summed E-state index contributed by atoms with van der Waals surface area (Å²) in [7, 11) is 0. The molecule has 0 aliphatic heterocycles. The number of aromatic nitrogens is 3. The summed E-state index contributed by atoms with van der Waals surface area (Å²) in [6.45, 7) is 5.23. The smallest absolute Gasteiger partial charge is 0.310 e. The van der Waals surface area contributed by atoms with E-state index >= 15 is 0 Å². The molecule has 1 aromatic heterocycles. The molecular weight excluding hydrogens is 284 g/mol. The highest BCUT2D eigenvalue weighted by Crippen LogP contribution is 2.37. The largest absolute Gasteiger partial charge is 0.481 e. The minimum absolute atomic E-state index is 0.0752. The average molecular weight is 304 g/mol. The van der Waals surface area contributed by atoms with Crippen LogP contribution in [0.1, 0.15) is 32.6 Å². The van der Waals surface area contributed by atoms with E-state index in [9.17, 15) is 15.0 Å². The molecule has 0 amide bonds. The number of hydrogen-bond acceptors (Lipinski definition) is 5. The van der Waals surface area contributed by atoms with Crippen LogP contribution in [0.3, 0.4) is 0 Å². The fourth-order valence-corrected chi connectivity index (χ4v) is 2.41. The third-order valence-electron chi connectivity index (χ3n) is 3.53. The fraction of sp³-hybridized carbons (Fsp3) is 0.400. The van der Waals surface area contributed by atoms with Gasteiger partial charge in [0.15, 0.2) is 5.82 Å². The van der Waals surface area contributed by atoms with Gasteiger partial charge in [0.1, 0.15) is 11.8 Å². The summed E-state index contributed by atoms with van der Waals surface area (Å²) in [5.41, 5.74) is 6.11. The Labute approximate surface area is 128 Å². The highest BCUT2D eigenvalue weighted by molar-refractivity contribution is 5.72. The summed E-state index contributed by atoms with van der Waals surface area (Å²) >= 11 is 0. The molecule has 0 bridgehead atoms. The molecule has 118 valence electrons. The number of aliphatic hydroxyl groups excluding tert-OH is 1. The summed E-state index contributed by atoms with van der Waals surface area (Å²) in [5, 5.41) is 27.7. The lowest BCUT2D eigenvalue weighted by Gasteiger charge is -2.30. The Morgan fingerprint density at radius 3 is 2.36 bits per heavy atom. The molecule has 7 nitrogen and oxygen atoms in total. The number of nitrogens with two attached hydrogens (primary N) is 1. The first kappa shape index (κ1) is 16.0. The van der Waals surface area contributed by atoms with Gasteiger partial charge in [-0.05, 0) is 17.5 Å². The summed E-state index contributed by atoms with van der Waals surface area (Å²) in [5.74, 6) is -2.02. The number of carboxylic acid groups (broad SMARTS) is 1. The Balaban J connectivity index is 2.42. The number of nitrogens with zero attached hydrogens (tertiary/aromatic N) is 3. The van der Waals surface area contributed by atoms with Gasteiger partial charge < -0.3 is 15.9 Å². The van der Waals surface area contributed by atoms with Crippen LogP contribution in [0.2, 0.25) is 0 Å². The first-order valence-electron chi connectivity index (χ1n) is 6.91. The first-order chi connectivity index (χ1) is 10.2. The molecule has 0 radical (unpaired) electrons. The number of hydrogen-bond donors (Lipinski definition) is 3. The zero-order chi connectivity index (χ0) is 16.5. The van der Waals surface area contributed by atoms with Crippen molar-refractivity contribution in [3.05, 3.63) is 36.0 Å². The lowest BCUT2D eigenvalue weighted by atomic mass is 9.76. The first-order valence-corrected chi connectivity index (χ1v) is 6.91. The highest BCUT2D eigenvalue weighted by Gasteiger charge is 2.40. The number of para-hydroxylation sites is 1.